The number of ether oxygens (including phenoxy) is 2. The van der Waals surface area contributed by atoms with E-state index in [1.54, 1.807) is 10.9 Å². The second-order valence-electron chi connectivity index (χ2n) is 6.57. The third kappa shape index (κ3) is 4.49. The summed E-state index contributed by atoms with van der Waals surface area (Å²) in [7, 11) is 1.36. The first-order valence-corrected chi connectivity index (χ1v) is 10.1. The van der Waals surface area contributed by atoms with Crippen LogP contribution in [-0.4, -0.2) is 52.3 Å². The fourth-order valence-corrected chi connectivity index (χ4v) is 3.40. The summed E-state index contributed by atoms with van der Waals surface area (Å²) in [4.78, 5) is 24.8. The molecule has 158 valence electrons. The molecule has 0 radical (unpaired) electrons. The Morgan fingerprint density at radius 2 is 2.23 bits per heavy atom. The van der Waals surface area contributed by atoms with Crippen LogP contribution < -0.4 is 21.0 Å². The van der Waals surface area contributed by atoms with Crippen LogP contribution in [0, 0.1) is 6.92 Å². The molecular weight excluding hydrogens is 412 g/mol. The highest BCUT2D eigenvalue weighted by atomic mass is 32.1. The Morgan fingerprint density at radius 1 is 1.40 bits per heavy atom. The molecule has 4 rings (SSSR count). The summed E-state index contributed by atoms with van der Waals surface area (Å²) in [6.07, 6.45) is 4.13. The van der Waals surface area contributed by atoms with Gasteiger partial charge in [0.2, 0.25) is 16.0 Å². The maximum Gasteiger partial charge on any atom is 0.381 e. The molecule has 3 aromatic heterocycles. The number of carbonyl (C=O) groups is 1. The summed E-state index contributed by atoms with van der Waals surface area (Å²) in [6.45, 7) is 2.82. The zero-order chi connectivity index (χ0) is 21.1. The van der Waals surface area contributed by atoms with Gasteiger partial charge >= 0.3 is 5.63 Å². The SMILES string of the molecule is COc1c(NCCOC2CC2)cc(C(=O)Nc2nnc(-n3nccc3C)s2)oc1=O. The Bertz CT molecular complexity index is 1100. The molecule has 1 fully saturated rings. The summed E-state index contributed by atoms with van der Waals surface area (Å²) < 4.78 is 17.4. The number of anilines is 2. The minimum Gasteiger partial charge on any atom is -0.488 e. The minimum atomic E-state index is -0.763. The Balaban J connectivity index is 1.47. The first kappa shape index (κ1) is 20.0. The number of rotatable bonds is 9. The standard InChI is InChI=1S/C18H20N6O5S/c1-10-5-6-20-24(10)18-23-22-17(30-18)21-15(25)13-9-12(14(27-2)16(26)29-13)19-7-8-28-11-3-4-11/h5-6,9,11,19H,3-4,7-8H2,1-2H3,(H,21,22,25). The van der Waals surface area contributed by atoms with Crippen molar-refractivity contribution < 1.29 is 18.7 Å². The van der Waals surface area contributed by atoms with E-state index in [-0.39, 0.29) is 16.6 Å². The van der Waals surface area contributed by atoms with Crippen LogP contribution >= 0.6 is 11.3 Å². The second kappa shape index (κ2) is 8.63. The van der Waals surface area contributed by atoms with Gasteiger partial charge in [0.15, 0.2) is 5.76 Å². The highest BCUT2D eigenvalue weighted by molar-refractivity contribution is 7.17. The Hall–Kier alpha value is -3.25. The van der Waals surface area contributed by atoms with Crippen molar-refractivity contribution in [2.45, 2.75) is 25.9 Å². The van der Waals surface area contributed by atoms with E-state index in [0.717, 1.165) is 29.9 Å². The molecule has 2 N–H and O–H groups in total. The van der Waals surface area contributed by atoms with Crippen LogP contribution in [-0.2, 0) is 4.74 Å². The number of aromatic nitrogens is 4. The number of methoxy groups -OCH3 is 1. The predicted molar refractivity (Wildman–Crippen MR) is 109 cm³/mol. The summed E-state index contributed by atoms with van der Waals surface area (Å²) in [5.74, 6) is -0.823. The molecule has 0 aromatic carbocycles. The molecule has 3 heterocycles. The van der Waals surface area contributed by atoms with Gasteiger partial charge in [-0.05, 0) is 25.8 Å². The van der Waals surface area contributed by atoms with Gasteiger partial charge in [-0.3, -0.25) is 10.1 Å². The molecule has 3 aromatic rings. The Labute approximate surface area is 175 Å². The third-order valence-electron chi connectivity index (χ3n) is 4.28. The van der Waals surface area contributed by atoms with Gasteiger partial charge < -0.3 is 19.2 Å². The summed E-state index contributed by atoms with van der Waals surface area (Å²) >= 11 is 1.14. The van der Waals surface area contributed by atoms with Crippen LogP contribution in [0.3, 0.4) is 0 Å². The molecule has 0 unspecified atom stereocenters. The first-order chi connectivity index (χ1) is 14.5. The lowest BCUT2D eigenvalue weighted by atomic mass is 10.3. The van der Waals surface area contributed by atoms with Gasteiger partial charge in [-0.25, -0.2) is 9.48 Å². The molecule has 30 heavy (non-hydrogen) atoms. The van der Waals surface area contributed by atoms with Crippen molar-refractivity contribution in [2.75, 3.05) is 30.9 Å². The van der Waals surface area contributed by atoms with Crippen molar-refractivity contribution in [1.82, 2.24) is 20.0 Å². The molecule has 0 spiro atoms. The molecule has 0 saturated heterocycles. The maximum atomic E-state index is 12.6. The van der Waals surface area contributed by atoms with Crippen molar-refractivity contribution in [3.05, 3.63) is 40.2 Å². The van der Waals surface area contributed by atoms with Crippen molar-refractivity contribution in [3.63, 3.8) is 0 Å². The van der Waals surface area contributed by atoms with Crippen molar-refractivity contribution in [1.29, 1.82) is 0 Å². The molecule has 1 saturated carbocycles. The average molecular weight is 432 g/mol. The molecule has 1 aliphatic rings. The van der Waals surface area contributed by atoms with Gasteiger partial charge in [-0.2, -0.15) is 5.10 Å². The summed E-state index contributed by atoms with van der Waals surface area (Å²) in [5.41, 5.74) is 0.468. The van der Waals surface area contributed by atoms with Crippen LogP contribution in [0.5, 0.6) is 5.75 Å². The fourth-order valence-electron chi connectivity index (χ4n) is 2.64. The first-order valence-electron chi connectivity index (χ1n) is 9.28. The zero-order valence-corrected chi connectivity index (χ0v) is 17.2. The van der Waals surface area contributed by atoms with E-state index in [4.69, 9.17) is 13.9 Å². The smallest absolute Gasteiger partial charge is 0.381 e. The normalized spacial score (nSPS) is 13.3. The highest BCUT2D eigenvalue weighted by Crippen LogP contribution is 2.25. The molecule has 1 aliphatic carbocycles. The van der Waals surface area contributed by atoms with E-state index in [1.165, 1.54) is 13.2 Å². The summed E-state index contributed by atoms with van der Waals surface area (Å²) in [5, 5.41) is 18.5. The molecule has 0 bridgehead atoms. The highest BCUT2D eigenvalue weighted by Gasteiger charge is 2.22. The van der Waals surface area contributed by atoms with Gasteiger partial charge in [0, 0.05) is 24.5 Å². The Morgan fingerprint density at radius 3 is 2.93 bits per heavy atom. The summed E-state index contributed by atoms with van der Waals surface area (Å²) in [6, 6.07) is 3.24. The quantitative estimate of drug-likeness (QED) is 0.486. The number of carbonyl (C=O) groups excluding carboxylic acids is 1. The number of aryl methyl sites for hydroxylation is 1. The van der Waals surface area contributed by atoms with E-state index in [9.17, 15) is 9.59 Å². The van der Waals surface area contributed by atoms with Crippen molar-refractivity contribution in [2.24, 2.45) is 0 Å². The van der Waals surface area contributed by atoms with Gasteiger partial charge in [0.25, 0.3) is 5.91 Å². The second-order valence-corrected chi connectivity index (χ2v) is 7.53. The number of amides is 1. The van der Waals surface area contributed by atoms with Crippen LogP contribution in [0.4, 0.5) is 10.8 Å². The van der Waals surface area contributed by atoms with E-state index in [1.807, 2.05) is 13.0 Å². The van der Waals surface area contributed by atoms with Crippen LogP contribution in [0.15, 0.2) is 27.5 Å². The molecule has 11 nitrogen and oxygen atoms in total. The van der Waals surface area contributed by atoms with Gasteiger partial charge in [0.1, 0.15) is 0 Å². The topological polar surface area (TPSA) is 133 Å². The minimum absolute atomic E-state index is 0.00895. The fraction of sp³-hybridized carbons (Fsp3) is 0.389. The third-order valence-corrected chi connectivity index (χ3v) is 5.09. The van der Waals surface area contributed by atoms with E-state index >= 15 is 0 Å². The van der Waals surface area contributed by atoms with Gasteiger partial charge in [-0.15, -0.1) is 10.2 Å². The average Bonchev–Trinajstić information content (AvgIpc) is 3.28. The van der Waals surface area contributed by atoms with E-state index in [2.05, 4.69) is 25.9 Å². The zero-order valence-electron chi connectivity index (χ0n) is 16.4. The predicted octanol–water partition coefficient (Wildman–Crippen LogP) is 1.84. The largest absolute Gasteiger partial charge is 0.488 e. The van der Waals surface area contributed by atoms with E-state index in [0.29, 0.717) is 30.1 Å². The lowest BCUT2D eigenvalue weighted by molar-refractivity contribution is 0.0991. The number of nitrogens with one attached hydrogen (secondary N) is 2. The van der Waals surface area contributed by atoms with Gasteiger partial charge in [0.05, 0.1) is 25.5 Å². The monoisotopic (exact) mass is 432 g/mol. The van der Waals surface area contributed by atoms with Crippen LogP contribution in [0.2, 0.25) is 0 Å². The van der Waals surface area contributed by atoms with E-state index < -0.39 is 11.5 Å². The maximum absolute atomic E-state index is 12.6. The number of hydrogen-bond acceptors (Lipinski definition) is 10. The number of nitrogens with zero attached hydrogens (tertiary/aromatic N) is 4. The van der Waals surface area contributed by atoms with Crippen LogP contribution in [0.25, 0.3) is 5.13 Å². The lowest BCUT2D eigenvalue weighted by Crippen LogP contribution is -2.18. The van der Waals surface area contributed by atoms with Crippen molar-refractivity contribution >= 4 is 28.1 Å². The molecule has 1 amide bonds. The van der Waals surface area contributed by atoms with Gasteiger partial charge in [-0.1, -0.05) is 11.3 Å². The lowest BCUT2D eigenvalue weighted by Gasteiger charge is -2.11. The molecule has 0 aliphatic heterocycles. The van der Waals surface area contributed by atoms with Crippen molar-refractivity contribution in [3.8, 4) is 10.9 Å². The molecule has 12 heteroatoms. The number of hydrogen-bond donors (Lipinski definition) is 2. The molecular formula is C18H20N6O5S. The Kier molecular flexibility index (Phi) is 5.77. The van der Waals surface area contributed by atoms with Crippen LogP contribution in [0.1, 0.15) is 29.1 Å². The molecule has 0 atom stereocenters.